The number of carbonyl (C=O) groups excluding carboxylic acids is 1. The van der Waals surface area contributed by atoms with Gasteiger partial charge in [-0.25, -0.2) is 0 Å². The molecule has 1 fully saturated rings. The Bertz CT molecular complexity index is 486. The highest BCUT2D eigenvalue weighted by Crippen LogP contribution is 2.29. The molecule has 1 saturated heterocycles. The normalized spacial score (nSPS) is 17.5. The van der Waals surface area contributed by atoms with Crippen molar-refractivity contribution in [2.24, 2.45) is 0 Å². The van der Waals surface area contributed by atoms with E-state index >= 15 is 0 Å². The molecule has 21 heavy (non-hydrogen) atoms. The van der Waals surface area contributed by atoms with Crippen molar-refractivity contribution in [3.8, 4) is 0 Å². The molecule has 1 unspecified atom stereocenters. The van der Waals surface area contributed by atoms with Crippen molar-refractivity contribution in [1.82, 2.24) is 4.90 Å². The van der Waals surface area contributed by atoms with Gasteiger partial charge in [0.2, 0.25) is 0 Å². The third kappa shape index (κ3) is 4.43. The van der Waals surface area contributed by atoms with Gasteiger partial charge in [0.25, 0.3) is 0 Å². The monoisotopic (exact) mass is 311 g/mol. The summed E-state index contributed by atoms with van der Waals surface area (Å²) >= 11 is 6.24. The zero-order chi connectivity index (χ0) is 15.2. The molecule has 0 N–H and O–H groups in total. The van der Waals surface area contributed by atoms with E-state index in [9.17, 15) is 4.79 Å². The van der Waals surface area contributed by atoms with Crippen LogP contribution in [0, 0.1) is 6.92 Å². The molecule has 2 rings (SSSR count). The second-order valence-corrected chi connectivity index (χ2v) is 5.59. The molecule has 0 saturated carbocycles. The summed E-state index contributed by atoms with van der Waals surface area (Å²) < 4.78 is 10.5. The number of carbonyl (C=O) groups is 1. The molecule has 0 spiro atoms. The largest absolute Gasteiger partial charge is 0.466 e. The van der Waals surface area contributed by atoms with Crippen LogP contribution in [-0.4, -0.2) is 43.8 Å². The van der Waals surface area contributed by atoms with Crippen LogP contribution in [-0.2, 0) is 14.3 Å². The van der Waals surface area contributed by atoms with E-state index in [1.165, 1.54) is 0 Å². The van der Waals surface area contributed by atoms with Gasteiger partial charge >= 0.3 is 5.97 Å². The molecule has 0 aliphatic carbocycles. The van der Waals surface area contributed by atoms with Gasteiger partial charge in [0.15, 0.2) is 0 Å². The van der Waals surface area contributed by atoms with Crippen LogP contribution in [0.3, 0.4) is 0 Å². The van der Waals surface area contributed by atoms with Crippen LogP contribution in [0.25, 0.3) is 0 Å². The van der Waals surface area contributed by atoms with E-state index in [1.807, 2.05) is 32.0 Å². The highest BCUT2D eigenvalue weighted by molar-refractivity contribution is 6.31. The van der Waals surface area contributed by atoms with Crippen LogP contribution in [0.5, 0.6) is 0 Å². The standard InChI is InChI=1S/C16H22ClNO3/c1-3-21-16(19)11-15(18-6-8-20-9-7-18)13-5-4-12(2)14(17)10-13/h4-5,10,15H,3,6-9,11H2,1-2H3. The van der Waals surface area contributed by atoms with Crippen LogP contribution in [0.4, 0.5) is 0 Å². The molecule has 0 amide bonds. The lowest BCUT2D eigenvalue weighted by molar-refractivity contribution is -0.145. The number of benzene rings is 1. The number of hydrogen-bond acceptors (Lipinski definition) is 4. The first-order valence-electron chi connectivity index (χ1n) is 7.35. The van der Waals surface area contributed by atoms with Gasteiger partial charge in [-0.15, -0.1) is 0 Å². The second kappa shape index (κ2) is 7.78. The highest BCUT2D eigenvalue weighted by atomic mass is 35.5. The fourth-order valence-corrected chi connectivity index (χ4v) is 2.73. The van der Waals surface area contributed by atoms with Gasteiger partial charge in [0.05, 0.1) is 26.2 Å². The van der Waals surface area contributed by atoms with Crippen molar-refractivity contribution in [3.63, 3.8) is 0 Å². The summed E-state index contributed by atoms with van der Waals surface area (Å²) in [6, 6.07) is 5.98. The molecule has 1 aromatic carbocycles. The van der Waals surface area contributed by atoms with Crippen molar-refractivity contribution < 1.29 is 14.3 Å². The number of morpholine rings is 1. The minimum atomic E-state index is -0.175. The van der Waals surface area contributed by atoms with Gasteiger partial charge in [0.1, 0.15) is 0 Å². The summed E-state index contributed by atoms with van der Waals surface area (Å²) in [6.07, 6.45) is 0.341. The number of esters is 1. The van der Waals surface area contributed by atoms with E-state index in [0.717, 1.165) is 29.2 Å². The van der Waals surface area contributed by atoms with Crippen LogP contribution in [0.1, 0.15) is 30.5 Å². The predicted molar refractivity (Wildman–Crippen MR) is 82.6 cm³/mol. The predicted octanol–water partition coefficient (Wildman–Crippen LogP) is 2.97. The molecule has 1 aliphatic rings. The smallest absolute Gasteiger partial charge is 0.307 e. The first-order chi connectivity index (χ1) is 10.1. The van der Waals surface area contributed by atoms with Crippen molar-refractivity contribution in [2.75, 3.05) is 32.9 Å². The number of ether oxygens (including phenoxy) is 2. The minimum absolute atomic E-state index is 0.00829. The van der Waals surface area contributed by atoms with Gasteiger partial charge < -0.3 is 9.47 Å². The lowest BCUT2D eigenvalue weighted by atomic mass is 10.00. The van der Waals surface area contributed by atoms with E-state index in [2.05, 4.69) is 4.90 Å². The zero-order valence-electron chi connectivity index (χ0n) is 12.6. The Morgan fingerprint density at radius 1 is 1.43 bits per heavy atom. The summed E-state index contributed by atoms with van der Waals surface area (Å²) in [5.74, 6) is -0.175. The molecule has 0 aromatic heterocycles. The Hall–Kier alpha value is -1.10. The maximum absolute atomic E-state index is 11.9. The SMILES string of the molecule is CCOC(=O)CC(c1ccc(C)c(Cl)c1)N1CCOCC1. The molecule has 1 aromatic rings. The summed E-state index contributed by atoms with van der Waals surface area (Å²) in [5.41, 5.74) is 2.10. The van der Waals surface area contributed by atoms with Gasteiger partial charge in [-0.2, -0.15) is 0 Å². The maximum Gasteiger partial charge on any atom is 0.307 e. The summed E-state index contributed by atoms with van der Waals surface area (Å²) in [5, 5.41) is 0.731. The number of rotatable bonds is 5. The molecule has 1 atom stereocenters. The van der Waals surface area contributed by atoms with Crippen molar-refractivity contribution in [2.45, 2.75) is 26.3 Å². The fraction of sp³-hybridized carbons (Fsp3) is 0.562. The summed E-state index contributed by atoms with van der Waals surface area (Å²) in [4.78, 5) is 14.2. The van der Waals surface area contributed by atoms with E-state index < -0.39 is 0 Å². The topological polar surface area (TPSA) is 38.8 Å². The Balaban J connectivity index is 2.20. The van der Waals surface area contributed by atoms with Crippen LogP contribution < -0.4 is 0 Å². The van der Waals surface area contributed by atoms with Crippen molar-refractivity contribution >= 4 is 17.6 Å². The molecular formula is C16H22ClNO3. The van der Waals surface area contributed by atoms with Crippen LogP contribution >= 0.6 is 11.6 Å². The van der Waals surface area contributed by atoms with Crippen LogP contribution in [0.15, 0.2) is 18.2 Å². The fourth-order valence-electron chi connectivity index (χ4n) is 2.54. The van der Waals surface area contributed by atoms with E-state index in [4.69, 9.17) is 21.1 Å². The number of nitrogens with zero attached hydrogens (tertiary/aromatic N) is 1. The molecule has 0 bridgehead atoms. The maximum atomic E-state index is 11.9. The quantitative estimate of drug-likeness (QED) is 0.784. The average molecular weight is 312 g/mol. The Labute approximate surface area is 131 Å². The first-order valence-corrected chi connectivity index (χ1v) is 7.73. The van der Waals surface area contributed by atoms with Gasteiger partial charge in [-0.1, -0.05) is 23.7 Å². The Kier molecular flexibility index (Phi) is 6.03. The second-order valence-electron chi connectivity index (χ2n) is 5.18. The number of aryl methyl sites for hydroxylation is 1. The van der Waals surface area contributed by atoms with Crippen molar-refractivity contribution in [1.29, 1.82) is 0 Å². The van der Waals surface area contributed by atoms with Gasteiger partial charge in [-0.05, 0) is 31.0 Å². The van der Waals surface area contributed by atoms with E-state index in [1.54, 1.807) is 0 Å². The first kappa shape index (κ1) is 16.3. The molecule has 0 radical (unpaired) electrons. The number of halogens is 1. The molecule has 1 aliphatic heterocycles. The third-order valence-electron chi connectivity index (χ3n) is 3.73. The Morgan fingerprint density at radius 3 is 2.76 bits per heavy atom. The molecule has 5 heteroatoms. The van der Waals surface area contributed by atoms with E-state index in [-0.39, 0.29) is 12.0 Å². The molecule has 1 heterocycles. The summed E-state index contributed by atoms with van der Waals surface area (Å²) in [7, 11) is 0. The van der Waals surface area contributed by atoms with Gasteiger partial charge in [0, 0.05) is 24.2 Å². The lowest BCUT2D eigenvalue weighted by Gasteiger charge is -2.34. The Morgan fingerprint density at radius 2 is 2.14 bits per heavy atom. The van der Waals surface area contributed by atoms with Crippen molar-refractivity contribution in [3.05, 3.63) is 34.3 Å². The average Bonchev–Trinajstić information content (AvgIpc) is 2.49. The lowest BCUT2D eigenvalue weighted by Crippen LogP contribution is -2.40. The van der Waals surface area contributed by atoms with Crippen LogP contribution in [0.2, 0.25) is 5.02 Å². The number of hydrogen-bond donors (Lipinski definition) is 0. The third-order valence-corrected chi connectivity index (χ3v) is 4.14. The summed E-state index contributed by atoms with van der Waals surface area (Å²) in [6.45, 7) is 7.22. The van der Waals surface area contributed by atoms with E-state index in [0.29, 0.717) is 26.2 Å². The zero-order valence-corrected chi connectivity index (χ0v) is 13.4. The van der Waals surface area contributed by atoms with Gasteiger partial charge in [-0.3, -0.25) is 9.69 Å². The molecule has 4 nitrogen and oxygen atoms in total. The molecule has 116 valence electrons. The molecular weight excluding hydrogens is 290 g/mol. The highest BCUT2D eigenvalue weighted by Gasteiger charge is 2.26. The minimum Gasteiger partial charge on any atom is -0.466 e.